The zero-order valence-electron chi connectivity index (χ0n) is 25.4. The van der Waals surface area contributed by atoms with Crippen LogP contribution in [0, 0.1) is 5.82 Å². The summed E-state index contributed by atoms with van der Waals surface area (Å²) in [5.41, 5.74) is 1.58. The Morgan fingerprint density at radius 1 is 1.00 bits per heavy atom. The minimum Gasteiger partial charge on any atom is -0.493 e. The average Bonchev–Trinajstić information content (AvgIpc) is 3.25. The van der Waals surface area contributed by atoms with Crippen molar-refractivity contribution in [1.29, 1.82) is 0 Å². The summed E-state index contributed by atoms with van der Waals surface area (Å²) in [6, 6.07) is 15.2. The molecule has 1 aliphatic rings. The third-order valence-electron chi connectivity index (χ3n) is 7.70. The number of rotatable bonds is 9. The molecule has 5 rings (SSSR count). The van der Waals surface area contributed by atoms with E-state index in [9.17, 15) is 27.2 Å². The average molecular weight is 627 g/mol. The normalized spacial score (nSPS) is 13.5. The van der Waals surface area contributed by atoms with Crippen molar-refractivity contribution in [2.75, 3.05) is 13.7 Å². The fraction of sp³-hybridized carbons (Fsp3) is 0.333. The molecule has 0 saturated carbocycles. The van der Waals surface area contributed by atoms with E-state index in [1.807, 2.05) is 44.2 Å². The van der Waals surface area contributed by atoms with Crippen molar-refractivity contribution in [2.24, 2.45) is 7.05 Å². The molecule has 8 nitrogen and oxygen atoms in total. The topological polar surface area (TPSA) is 77.7 Å². The van der Waals surface area contributed by atoms with Crippen LogP contribution < -0.4 is 20.3 Å². The molecule has 0 atom stereocenters. The Morgan fingerprint density at radius 2 is 1.71 bits per heavy atom. The van der Waals surface area contributed by atoms with Gasteiger partial charge in [-0.15, -0.1) is 0 Å². The molecular weight excluding hydrogens is 592 g/mol. The Labute approximate surface area is 257 Å². The summed E-state index contributed by atoms with van der Waals surface area (Å²) in [6.07, 6.45) is -4.37. The van der Waals surface area contributed by atoms with Crippen molar-refractivity contribution in [1.82, 2.24) is 19.6 Å². The Balaban J connectivity index is 1.23. The van der Waals surface area contributed by atoms with E-state index in [0.717, 1.165) is 27.6 Å². The number of fused-ring (bicyclic) bond motifs is 1. The van der Waals surface area contributed by atoms with Gasteiger partial charge < -0.3 is 14.8 Å². The van der Waals surface area contributed by atoms with E-state index >= 15 is 0 Å². The van der Waals surface area contributed by atoms with Crippen LogP contribution in [0.4, 0.5) is 17.6 Å². The van der Waals surface area contributed by atoms with Crippen LogP contribution in [0.2, 0.25) is 0 Å². The fourth-order valence-corrected chi connectivity index (χ4v) is 5.51. The molecule has 238 valence electrons. The first kappa shape index (κ1) is 31.8. The molecule has 0 radical (unpaired) electrons. The molecule has 1 aromatic heterocycles. The first-order valence-electron chi connectivity index (χ1n) is 14.5. The summed E-state index contributed by atoms with van der Waals surface area (Å²) in [4.78, 5) is 28.2. The Hall–Kier alpha value is -4.58. The Bertz CT molecular complexity index is 1760. The molecule has 3 aromatic carbocycles. The lowest BCUT2D eigenvalue weighted by Crippen LogP contribution is -2.32. The van der Waals surface area contributed by atoms with E-state index in [2.05, 4.69) is 10.2 Å². The molecule has 1 aliphatic heterocycles. The number of nitrogens with zero attached hydrogens (tertiary/aromatic N) is 3. The van der Waals surface area contributed by atoms with E-state index in [-0.39, 0.29) is 17.7 Å². The van der Waals surface area contributed by atoms with Gasteiger partial charge in [0, 0.05) is 50.9 Å². The van der Waals surface area contributed by atoms with Crippen LogP contribution in [0.3, 0.4) is 0 Å². The lowest BCUT2D eigenvalue weighted by molar-refractivity contribution is -0.140. The molecule has 1 amide bonds. The highest BCUT2D eigenvalue weighted by Crippen LogP contribution is 2.33. The summed E-state index contributed by atoms with van der Waals surface area (Å²) < 4.78 is 67.6. The van der Waals surface area contributed by atoms with Gasteiger partial charge in [0.25, 0.3) is 11.5 Å². The summed E-state index contributed by atoms with van der Waals surface area (Å²) in [5, 5.41) is 2.91. The smallest absolute Gasteiger partial charge is 0.419 e. The molecule has 1 N–H and O–H groups in total. The number of alkyl halides is 3. The van der Waals surface area contributed by atoms with Crippen LogP contribution in [0.5, 0.6) is 11.5 Å². The van der Waals surface area contributed by atoms with Gasteiger partial charge in [0.1, 0.15) is 5.82 Å². The third-order valence-corrected chi connectivity index (χ3v) is 7.70. The van der Waals surface area contributed by atoms with Gasteiger partial charge in [0.15, 0.2) is 11.5 Å². The molecule has 45 heavy (non-hydrogen) atoms. The minimum atomic E-state index is -4.88. The maximum Gasteiger partial charge on any atom is 0.419 e. The van der Waals surface area contributed by atoms with Crippen molar-refractivity contribution in [3.63, 3.8) is 0 Å². The number of carbonyl (C=O) groups is 1. The highest BCUT2D eigenvalue weighted by Gasteiger charge is 2.35. The summed E-state index contributed by atoms with van der Waals surface area (Å²) >= 11 is 0. The molecule has 0 bridgehead atoms. The number of benzene rings is 3. The van der Waals surface area contributed by atoms with Crippen LogP contribution >= 0.6 is 0 Å². The molecule has 0 saturated heterocycles. The van der Waals surface area contributed by atoms with Crippen molar-refractivity contribution in [3.05, 3.63) is 110 Å². The van der Waals surface area contributed by atoms with Crippen LogP contribution in [-0.2, 0) is 39.3 Å². The maximum absolute atomic E-state index is 13.9. The molecule has 0 unspecified atom stereocenters. The number of hydrogen-bond donors (Lipinski definition) is 1. The predicted octanol–water partition coefficient (Wildman–Crippen LogP) is 5.62. The van der Waals surface area contributed by atoms with Crippen LogP contribution in [0.25, 0.3) is 5.69 Å². The second-order valence-corrected chi connectivity index (χ2v) is 11.2. The third kappa shape index (κ3) is 6.90. The first-order chi connectivity index (χ1) is 21.3. The summed E-state index contributed by atoms with van der Waals surface area (Å²) in [7, 11) is 3.18. The van der Waals surface area contributed by atoms with E-state index in [4.69, 9.17) is 9.47 Å². The zero-order valence-corrected chi connectivity index (χ0v) is 25.4. The number of nitrogens with one attached hydrogen (secondary N) is 1. The van der Waals surface area contributed by atoms with Gasteiger partial charge in [0.2, 0.25) is 0 Å². The fourth-order valence-electron chi connectivity index (χ4n) is 5.51. The van der Waals surface area contributed by atoms with E-state index in [1.54, 1.807) is 31.0 Å². The highest BCUT2D eigenvalue weighted by atomic mass is 19.4. The van der Waals surface area contributed by atoms with Crippen LogP contribution in [0.1, 0.15) is 52.2 Å². The monoisotopic (exact) mass is 626 g/mol. The second-order valence-electron chi connectivity index (χ2n) is 11.2. The molecule has 12 heteroatoms. The van der Waals surface area contributed by atoms with E-state index < -0.39 is 23.1 Å². The van der Waals surface area contributed by atoms with Gasteiger partial charge in [-0.1, -0.05) is 18.2 Å². The predicted molar refractivity (Wildman–Crippen MR) is 160 cm³/mol. The first-order valence-corrected chi connectivity index (χ1v) is 14.5. The number of hydrogen-bond acceptors (Lipinski definition) is 5. The van der Waals surface area contributed by atoms with Gasteiger partial charge in [-0.3, -0.25) is 19.2 Å². The minimum absolute atomic E-state index is 0.000370. The SMILES string of the molecule is COc1cc(CNC(=O)c2ccc(CN3CCc4c(c(=O)n(-c5ccc(F)c(C(F)(F)F)c5)n4C)C3)cc2)ccc1OC(C)C. The quantitative estimate of drug-likeness (QED) is 0.244. The summed E-state index contributed by atoms with van der Waals surface area (Å²) in [5.74, 6) is -0.403. The standard InChI is InChI=1S/C33H34F4N4O4/c1-20(2)45-29-12-7-22(15-30(29)44-4)17-38-31(42)23-8-5-21(6-9-23)18-40-14-13-28-25(19-40)32(43)41(39(28)3)24-10-11-27(34)26(16-24)33(35,36)37/h5-12,15-16,20H,13-14,17-19H2,1-4H3,(H,38,42). The second kappa shape index (κ2) is 12.8. The number of ether oxygens (including phenoxy) is 2. The van der Waals surface area contributed by atoms with E-state index in [1.165, 1.54) is 6.07 Å². The van der Waals surface area contributed by atoms with E-state index in [0.29, 0.717) is 61.3 Å². The van der Waals surface area contributed by atoms with Crippen molar-refractivity contribution in [3.8, 4) is 17.2 Å². The number of amides is 1. The number of aromatic nitrogens is 2. The van der Waals surface area contributed by atoms with Crippen LogP contribution in [0.15, 0.2) is 65.5 Å². The molecule has 4 aromatic rings. The van der Waals surface area contributed by atoms with Crippen molar-refractivity contribution < 1.29 is 31.8 Å². The Kier molecular flexibility index (Phi) is 9.06. The number of methoxy groups -OCH3 is 1. The lowest BCUT2D eigenvalue weighted by Gasteiger charge is -2.26. The van der Waals surface area contributed by atoms with Gasteiger partial charge in [0.05, 0.1) is 30.0 Å². The lowest BCUT2D eigenvalue weighted by atomic mass is 10.1. The van der Waals surface area contributed by atoms with Gasteiger partial charge in [-0.25, -0.2) is 9.07 Å². The van der Waals surface area contributed by atoms with Crippen molar-refractivity contribution in [2.45, 2.75) is 52.2 Å². The number of carbonyl (C=O) groups excluding carboxylic acids is 1. The van der Waals surface area contributed by atoms with Gasteiger partial charge in [-0.2, -0.15) is 13.2 Å². The number of halogens is 4. The van der Waals surface area contributed by atoms with Gasteiger partial charge >= 0.3 is 6.18 Å². The van der Waals surface area contributed by atoms with Gasteiger partial charge in [-0.05, 0) is 67.4 Å². The van der Waals surface area contributed by atoms with Crippen molar-refractivity contribution >= 4 is 5.91 Å². The molecular formula is C33H34F4N4O4. The molecule has 0 aliphatic carbocycles. The highest BCUT2D eigenvalue weighted by molar-refractivity contribution is 5.94. The summed E-state index contributed by atoms with van der Waals surface area (Å²) in [6.45, 7) is 5.59. The molecule has 2 heterocycles. The Morgan fingerprint density at radius 3 is 2.38 bits per heavy atom. The van der Waals surface area contributed by atoms with Crippen LogP contribution in [-0.4, -0.2) is 39.9 Å². The molecule has 0 spiro atoms. The maximum atomic E-state index is 13.9. The molecule has 0 fully saturated rings. The zero-order chi connectivity index (χ0) is 32.5. The largest absolute Gasteiger partial charge is 0.493 e.